The predicted molar refractivity (Wildman–Crippen MR) is 70.5 cm³/mol. The van der Waals surface area contributed by atoms with Gasteiger partial charge in [-0.3, -0.25) is 0 Å². The molecule has 4 heteroatoms. The van der Waals surface area contributed by atoms with Gasteiger partial charge < -0.3 is 14.6 Å². The topological polar surface area (TPSA) is 38.7 Å². The molecule has 1 aromatic carbocycles. The molecule has 0 saturated carbocycles. The zero-order valence-electron chi connectivity index (χ0n) is 9.65. The Hall–Kier alpha value is -1.00. The maximum absolute atomic E-state index is 9.21. The Balaban J connectivity index is 2.32. The molecule has 0 aromatic heterocycles. The number of hydrogen-bond acceptors (Lipinski definition) is 3. The smallest absolute Gasteiger partial charge is 0.175 e. The van der Waals surface area contributed by atoms with Crippen LogP contribution in [0.3, 0.4) is 0 Å². The van der Waals surface area contributed by atoms with Crippen LogP contribution in [0.4, 0.5) is 0 Å². The quantitative estimate of drug-likeness (QED) is 0.912. The molecular weight excluding hydrogens is 284 g/mol. The summed E-state index contributed by atoms with van der Waals surface area (Å²) >= 11 is 3.47. The molecule has 3 nitrogen and oxygen atoms in total. The van der Waals surface area contributed by atoms with Gasteiger partial charge in [-0.05, 0) is 40.5 Å². The number of hydrogen-bond donors (Lipinski definition) is 1. The summed E-state index contributed by atoms with van der Waals surface area (Å²) in [6.07, 6.45) is 4.03. The fourth-order valence-electron chi connectivity index (χ4n) is 1.60. The van der Waals surface area contributed by atoms with Gasteiger partial charge in [-0.15, -0.1) is 0 Å². The number of fused-ring (bicyclic) bond motifs is 1. The molecule has 17 heavy (non-hydrogen) atoms. The lowest BCUT2D eigenvalue weighted by Gasteiger charge is -2.10. The Kier molecular flexibility index (Phi) is 4.07. The lowest BCUT2D eigenvalue weighted by Crippen LogP contribution is -1.97. The Morgan fingerprint density at radius 1 is 1.35 bits per heavy atom. The molecule has 1 aliphatic heterocycles. The predicted octanol–water partition coefficient (Wildman–Crippen LogP) is 3.00. The number of ether oxygens (including phenoxy) is 2. The normalized spacial score (nSPS) is 16.9. The van der Waals surface area contributed by atoms with E-state index in [0.29, 0.717) is 13.2 Å². The fourth-order valence-corrected chi connectivity index (χ4v) is 2.17. The van der Waals surface area contributed by atoms with E-state index in [2.05, 4.69) is 15.9 Å². The van der Waals surface area contributed by atoms with Gasteiger partial charge in [-0.25, -0.2) is 0 Å². The summed E-state index contributed by atoms with van der Waals surface area (Å²) in [4.78, 5) is 0. The summed E-state index contributed by atoms with van der Waals surface area (Å²) in [6, 6.07) is 3.87. The number of aliphatic hydroxyl groups is 1. The van der Waals surface area contributed by atoms with Gasteiger partial charge in [-0.1, -0.05) is 12.2 Å². The highest BCUT2D eigenvalue weighted by Crippen LogP contribution is 2.38. The Morgan fingerprint density at radius 2 is 2.12 bits per heavy atom. The third kappa shape index (κ3) is 3.23. The lowest BCUT2D eigenvalue weighted by atomic mass is 10.1. The summed E-state index contributed by atoms with van der Waals surface area (Å²) in [7, 11) is 0. The van der Waals surface area contributed by atoms with Crippen LogP contribution in [0.25, 0.3) is 6.08 Å². The van der Waals surface area contributed by atoms with E-state index in [-0.39, 0.29) is 0 Å². The first kappa shape index (κ1) is 12.5. The van der Waals surface area contributed by atoms with Crippen molar-refractivity contribution < 1.29 is 14.6 Å². The van der Waals surface area contributed by atoms with Crippen molar-refractivity contribution >= 4 is 22.0 Å². The van der Waals surface area contributed by atoms with Crippen LogP contribution < -0.4 is 9.47 Å². The van der Waals surface area contributed by atoms with Crippen molar-refractivity contribution in [1.82, 2.24) is 0 Å². The van der Waals surface area contributed by atoms with Gasteiger partial charge in [-0.2, -0.15) is 0 Å². The molecule has 2 rings (SSSR count). The van der Waals surface area contributed by atoms with Crippen LogP contribution in [0, 0.1) is 0 Å². The van der Waals surface area contributed by atoms with Crippen LogP contribution in [-0.2, 0) is 0 Å². The molecule has 0 fully saturated rings. The molecule has 1 aliphatic rings. The second-order valence-corrected chi connectivity index (χ2v) is 4.83. The minimum absolute atomic E-state index is 0.454. The van der Waals surface area contributed by atoms with Crippen molar-refractivity contribution in [3.63, 3.8) is 0 Å². The fraction of sp³-hybridized carbons (Fsp3) is 0.385. The van der Waals surface area contributed by atoms with Gasteiger partial charge in [0.25, 0.3) is 0 Å². The van der Waals surface area contributed by atoms with E-state index in [4.69, 9.17) is 9.47 Å². The number of benzene rings is 1. The molecule has 1 N–H and O–H groups in total. The largest absolute Gasteiger partial charge is 0.489 e. The molecule has 0 saturated heterocycles. The van der Waals surface area contributed by atoms with Crippen molar-refractivity contribution in [1.29, 1.82) is 0 Å². The Labute approximate surface area is 109 Å². The zero-order valence-corrected chi connectivity index (χ0v) is 11.2. The minimum atomic E-state index is -0.454. The molecular formula is C13H15BrO3. The summed E-state index contributed by atoms with van der Waals surface area (Å²) < 4.78 is 12.1. The molecule has 0 radical (unpaired) electrons. The molecule has 0 amide bonds. The highest BCUT2D eigenvalue weighted by atomic mass is 79.9. The Morgan fingerprint density at radius 3 is 2.88 bits per heavy atom. The first-order chi connectivity index (χ1) is 8.16. The standard InChI is InChI=1S/C13H15BrO3/c1-9(15)3-4-10-7-11(14)13-12(8-10)16-5-2-6-17-13/h3-4,7-9,15H,2,5-6H2,1H3/b4-3+. The van der Waals surface area contributed by atoms with Crippen molar-refractivity contribution in [3.05, 3.63) is 28.2 Å². The van der Waals surface area contributed by atoms with Gasteiger partial charge in [0.1, 0.15) is 0 Å². The van der Waals surface area contributed by atoms with Gasteiger partial charge in [0.2, 0.25) is 0 Å². The third-order valence-corrected chi connectivity index (χ3v) is 2.98. The monoisotopic (exact) mass is 298 g/mol. The Bertz CT molecular complexity index is 427. The van der Waals surface area contributed by atoms with Gasteiger partial charge in [0.05, 0.1) is 23.8 Å². The van der Waals surface area contributed by atoms with E-state index in [1.807, 2.05) is 18.2 Å². The van der Waals surface area contributed by atoms with Crippen molar-refractivity contribution in [2.24, 2.45) is 0 Å². The molecule has 1 heterocycles. The first-order valence-corrected chi connectivity index (χ1v) is 6.41. The maximum atomic E-state index is 9.21. The van der Waals surface area contributed by atoms with Crippen LogP contribution in [-0.4, -0.2) is 24.4 Å². The van der Waals surface area contributed by atoms with Crippen LogP contribution in [0.5, 0.6) is 11.5 Å². The first-order valence-electron chi connectivity index (χ1n) is 5.62. The zero-order chi connectivity index (χ0) is 12.3. The van der Waals surface area contributed by atoms with E-state index >= 15 is 0 Å². The van der Waals surface area contributed by atoms with Gasteiger partial charge >= 0.3 is 0 Å². The average Bonchev–Trinajstić information content (AvgIpc) is 2.51. The minimum Gasteiger partial charge on any atom is -0.489 e. The maximum Gasteiger partial charge on any atom is 0.175 e. The van der Waals surface area contributed by atoms with E-state index in [9.17, 15) is 5.11 Å². The third-order valence-electron chi connectivity index (χ3n) is 2.39. The summed E-state index contributed by atoms with van der Waals surface area (Å²) in [5, 5.41) is 9.21. The molecule has 0 bridgehead atoms. The SMILES string of the molecule is CC(O)/C=C/c1cc(Br)c2c(c1)OCCCO2. The molecule has 0 aliphatic carbocycles. The second-order valence-electron chi connectivity index (χ2n) is 3.98. The van der Waals surface area contributed by atoms with Crippen molar-refractivity contribution in [2.45, 2.75) is 19.4 Å². The second kappa shape index (κ2) is 5.56. The molecule has 0 spiro atoms. The summed E-state index contributed by atoms with van der Waals surface area (Å²) in [6.45, 7) is 3.06. The van der Waals surface area contributed by atoms with E-state index < -0.39 is 6.10 Å². The summed E-state index contributed by atoms with van der Waals surface area (Å²) in [5.74, 6) is 1.51. The van der Waals surface area contributed by atoms with Gasteiger partial charge in [0, 0.05) is 6.42 Å². The average molecular weight is 299 g/mol. The van der Waals surface area contributed by atoms with E-state index in [1.165, 1.54) is 0 Å². The molecule has 1 aromatic rings. The molecule has 92 valence electrons. The van der Waals surface area contributed by atoms with Crippen LogP contribution in [0.15, 0.2) is 22.7 Å². The van der Waals surface area contributed by atoms with Crippen molar-refractivity contribution in [2.75, 3.05) is 13.2 Å². The van der Waals surface area contributed by atoms with Crippen molar-refractivity contribution in [3.8, 4) is 11.5 Å². The summed E-state index contributed by atoms with van der Waals surface area (Å²) in [5.41, 5.74) is 0.974. The highest BCUT2D eigenvalue weighted by Gasteiger charge is 2.14. The molecule has 1 unspecified atom stereocenters. The number of halogens is 1. The van der Waals surface area contributed by atoms with Crippen LogP contribution in [0.1, 0.15) is 18.9 Å². The van der Waals surface area contributed by atoms with E-state index in [1.54, 1.807) is 13.0 Å². The number of aliphatic hydroxyl groups excluding tert-OH is 1. The molecule has 1 atom stereocenters. The lowest BCUT2D eigenvalue weighted by molar-refractivity contribution is 0.245. The van der Waals surface area contributed by atoms with Gasteiger partial charge in [0.15, 0.2) is 11.5 Å². The van der Waals surface area contributed by atoms with Crippen LogP contribution in [0.2, 0.25) is 0 Å². The highest BCUT2D eigenvalue weighted by molar-refractivity contribution is 9.10. The van der Waals surface area contributed by atoms with E-state index in [0.717, 1.165) is 28.0 Å². The van der Waals surface area contributed by atoms with Crippen LogP contribution >= 0.6 is 15.9 Å². The number of rotatable bonds is 2.